The second-order valence-electron chi connectivity index (χ2n) is 4.04. The molecule has 7 nitrogen and oxygen atoms in total. The first-order valence-corrected chi connectivity index (χ1v) is 5.88. The van der Waals surface area contributed by atoms with Crippen LogP contribution in [0.3, 0.4) is 0 Å². The lowest BCUT2D eigenvalue weighted by Crippen LogP contribution is -2.00. The molecule has 0 aliphatic carbocycles. The number of hydrogen-bond acceptors (Lipinski definition) is 4. The van der Waals surface area contributed by atoms with Crippen molar-refractivity contribution in [1.82, 2.24) is 0 Å². The number of aromatic carboxylic acids is 2. The van der Waals surface area contributed by atoms with Gasteiger partial charge in [0, 0.05) is 12.1 Å². The van der Waals surface area contributed by atoms with E-state index < -0.39 is 34.1 Å². The van der Waals surface area contributed by atoms with Crippen LogP contribution in [0.2, 0.25) is 0 Å². The number of carboxylic acids is 2. The first-order valence-electron chi connectivity index (χ1n) is 5.88. The minimum absolute atomic E-state index is 0.0422. The van der Waals surface area contributed by atoms with Crippen molar-refractivity contribution in [3.63, 3.8) is 0 Å². The van der Waals surface area contributed by atoms with Crippen LogP contribution in [-0.4, -0.2) is 27.1 Å². The smallest absolute Gasteiger partial charge is 0.338 e. The van der Waals surface area contributed by atoms with E-state index in [4.69, 9.17) is 10.2 Å². The summed E-state index contributed by atoms with van der Waals surface area (Å²) in [4.78, 5) is 30.0. The molecule has 0 saturated heterocycles. The first kappa shape index (κ1) is 17.7. The molecule has 0 fully saturated rings. The van der Waals surface area contributed by atoms with Gasteiger partial charge in [-0.1, -0.05) is 0 Å². The molecule has 120 valence electrons. The number of rotatable bonds is 3. The summed E-state index contributed by atoms with van der Waals surface area (Å²) < 4.78 is 24.8. The molecule has 0 saturated carbocycles. The summed E-state index contributed by atoms with van der Waals surface area (Å²) in [5.41, 5.74) is -0.717. The Kier molecular flexibility index (Phi) is 5.84. The number of nitro groups is 1. The van der Waals surface area contributed by atoms with Gasteiger partial charge in [0.1, 0.15) is 11.6 Å². The fraction of sp³-hybridized carbons (Fsp3) is 0. The largest absolute Gasteiger partial charge is 0.478 e. The van der Waals surface area contributed by atoms with E-state index in [9.17, 15) is 28.5 Å². The highest BCUT2D eigenvalue weighted by Crippen LogP contribution is 2.11. The van der Waals surface area contributed by atoms with Crippen LogP contribution < -0.4 is 0 Å². The van der Waals surface area contributed by atoms with Crippen LogP contribution in [0.25, 0.3) is 0 Å². The molecule has 0 unspecified atom stereocenters. The van der Waals surface area contributed by atoms with E-state index >= 15 is 0 Å². The quantitative estimate of drug-likeness (QED) is 0.661. The highest BCUT2D eigenvalue weighted by molar-refractivity contribution is 5.88. The van der Waals surface area contributed by atoms with Crippen LogP contribution >= 0.6 is 0 Å². The minimum atomic E-state index is -1.47. The third kappa shape index (κ3) is 5.16. The molecule has 0 aliphatic rings. The highest BCUT2D eigenvalue weighted by atomic mass is 19.1. The van der Waals surface area contributed by atoms with Crippen LogP contribution in [0.4, 0.5) is 14.5 Å². The van der Waals surface area contributed by atoms with Gasteiger partial charge in [0.05, 0.1) is 16.1 Å². The summed E-state index contributed by atoms with van der Waals surface area (Å²) in [6.07, 6.45) is 0. The van der Waals surface area contributed by atoms with Crippen molar-refractivity contribution in [3.8, 4) is 0 Å². The molecule has 0 heterocycles. The molecule has 23 heavy (non-hydrogen) atoms. The van der Waals surface area contributed by atoms with Crippen LogP contribution in [0.15, 0.2) is 42.5 Å². The normalized spacial score (nSPS) is 9.48. The van der Waals surface area contributed by atoms with Gasteiger partial charge in [0.25, 0.3) is 5.69 Å². The average molecular weight is 325 g/mol. The Balaban J connectivity index is 0.000000231. The van der Waals surface area contributed by atoms with E-state index in [1.807, 2.05) is 0 Å². The standard InChI is InChI=1S/C7H4F2O2.C7H5NO4/c8-4-1-2-6(9)5(3-4)7(10)11;9-7(10)5-1-3-6(4-2-5)8(11)12/h1-3H,(H,10,11);1-4H,(H,9,10). The van der Waals surface area contributed by atoms with Crippen LogP contribution in [0.1, 0.15) is 20.7 Å². The zero-order chi connectivity index (χ0) is 17.6. The summed E-state index contributed by atoms with van der Waals surface area (Å²) in [6.45, 7) is 0. The van der Waals surface area contributed by atoms with Crippen molar-refractivity contribution in [2.24, 2.45) is 0 Å². The van der Waals surface area contributed by atoms with Crippen molar-refractivity contribution in [1.29, 1.82) is 0 Å². The highest BCUT2D eigenvalue weighted by Gasteiger charge is 2.10. The van der Waals surface area contributed by atoms with Gasteiger partial charge in [-0.05, 0) is 30.3 Å². The molecule has 2 aromatic rings. The predicted octanol–water partition coefficient (Wildman–Crippen LogP) is 2.96. The van der Waals surface area contributed by atoms with Crippen molar-refractivity contribution in [2.75, 3.05) is 0 Å². The topological polar surface area (TPSA) is 118 Å². The van der Waals surface area contributed by atoms with E-state index in [0.29, 0.717) is 6.07 Å². The lowest BCUT2D eigenvalue weighted by molar-refractivity contribution is -0.384. The number of carboxylic acid groups (broad SMARTS) is 2. The second kappa shape index (κ2) is 7.59. The Morgan fingerprint density at radius 3 is 1.91 bits per heavy atom. The maximum absolute atomic E-state index is 12.5. The summed E-state index contributed by atoms with van der Waals surface area (Å²) in [5, 5.41) is 26.9. The van der Waals surface area contributed by atoms with E-state index in [1.165, 1.54) is 12.1 Å². The molecule has 2 rings (SSSR count). The lowest BCUT2D eigenvalue weighted by atomic mass is 10.2. The molecular formula is C14H9F2NO6. The summed E-state index contributed by atoms with van der Waals surface area (Å²) >= 11 is 0. The zero-order valence-corrected chi connectivity index (χ0v) is 11.3. The van der Waals surface area contributed by atoms with Crippen LogP contribution in [-0.2, 0) is 0 Å². The van der Waals surface area contributed by atoms with E-state index in [1.54, 1.807) is 0 Å². The molecule has 0 aliphatic heterocycles. The fourth-order valence-electron chi connectivity index (χ4n) is 1.39. The first-order chi connectivity index (χ1) is 10.7. The van der Waals surface area contributed by atoms with Crippen molar-refractivity contribution in [3.05, 3.63) is 75.3 Å². The number of nitrogens with zero attached hydrogens (tertiary/aromatic N) is 1. The Morgan fingerprint density at radius 2 is 1.52 bits per heavy atom. The molecule has 2 aromatic carbocycles. The Bertz CT molecular complexity index is 712. The minimum Gasteiger partial charge on any atom is -0.478 e. The Hall–Kier alpha value is -3.36. The van der Waals surface area contributed by atoms with Gasteiger partial charge >= 0.3 is 11.9 Å². The monoisotopic (exact) mass is 325 g/mol. The van der Waals surface area contributed by atoms with Gasteiger partial charge in [-0.25, -0.2) is 18.4 Å². The number of carbonyl (C=O) groups is 2. The number of nitro benzene ring substituents is 1. The lowest BCUT2D eigenvalue weighted by Gasteiger charge is -1.95. The molecule has 2 N–H and O–H groups in total. The molecule has 0 amide bonds. The number of halogens is 2. The SMILES string of the molecule is O=C(O)c1cc(F)ccc1F.O=C(O)c1ccc([N+](=O)[O-])cc1. The number of benzene rings is 2. The average Bonchev–Trinajstić information content (AvgIpc) is 2.50. The van der Waals surface area contributed by atoms with Crippen LogP contribution in [0, 0.1) is 21.7 Å². The summed E-state index contributed by atoms with van der Waals surface area (Å²) in [7, 11) is 0. The summed E-state index contributed by atoms with van der Waals surface area (Å²) in [5.74, 6) is -4.26. The fourth-order valence-corrected chi connectivity index (χ4v) is 1.39. The zero-order valence-electron chi connectivity index (χ0n) is 11.3. The maximum Gasteiger partial charge on any atom is 0.338 e. The molecule has 0 bridgehead atoms. The maximum atomic E-state index is 12.5. The van der Waals surface area contributed by atoms with E-state index in [0.717, 1.165) is 24.3 Å². The van der Waals surface area contributed by atoms with Crippen molar-refractivity contribution in [2.45, 2.75) is 0 Å². The molecule has 0 atom stereocenters. The van der Waals surface area contributed by atoms with Gasteiger partial charge in [-0.2, -0.15) is 0 Å². The third-order valence-electron chi connectivity index (χ3n) is 2.48. The molecule has 0 radical (unpaired) electrons. The second-order valence-corrected chi connectivity index (χ2v) is 4.04. The van der Waals surface area contributed by atoms with E-state index in [2.05, 4.69) is 0 Å². The molecule has 0 spiro atoms. The van der Waals surface area contributed by atoms with Gasteiger partial charge in [0.2, 0.25) is 0 Å². The Labute approximate surface area is 127 Å². The number of non-ortho nitro benzene ring substituents is 1. The number of hydrogen-bond donors (Lipinski definition) is 2. The molecule has 0 aromatic heterocycles. The van der Waals surface area contributed by atoms with Crippen molar-refractivity contribution >= 4 is 17.6 Å². The van der Waals surface area contributed by atoms with Crippen LogP contribution in [0.5, 0.6) is 0 Å². The van der Waals surface area contributed by atoms with Gasteiger partial charge < -0.3 is 10.2 Å². The van der Waals surface area contributed by atoms with E-state index in [-0.39, 0.29) is 11.3 Å². The third-order valence-corrected chi connectivity index (χ3v) is 2.48. The predicted molar refractivity (Wildman–Crippen MR) is 73.4 cm³/mol. The molecule has 9 heteroatoms. The molecular weight excluding hydrogens is 316 g/mol. The van der Waals surface area contributed by atoms with Gasteiger partial charge in [-0.3, -0.25) is 10.1 Å². The van der Waals surface area contributed by atoms with Gasteiger partial charge in [-0.15, -0.1) is 0 Å². The van der Waals surface area contributed by atoms with Gasteiger partial charge in [0.15, 0.2) is 0 Å². The Morgan fingerprint density at radius 1 is 0.957 bits per heavy atom. The van der Waals surface area contributed by atoms with Crippen molar-refractivity contribution < 1.29 is 33.5 Å². The summed E-state index contributed by atoms with van der Waals surface area (Å²) in [6, 6.07) is 6.98.